The van der Waals surface area contributed by atoms with Crippen molar-refractivity contribution in [1.29, 1.82) is 0 Å². The van der Waals surface area contributed by atoms with Gasteiger partial charge < -0.3 is 15.3 Å². The summed E-state index contributed by atoms with van der Waals surface area (Å²) < 4.78 is 0. The van der Waals surface area contributed by atoms with Crippen molar-refractivity contribution in [2.75, 3.05) is 0 Å². The monoisotopic (exact) mass is 256 g/mol. The second-order valence-electron chi connectivity index (χ2n) is 6.74. The Balaban J connectivity index is 1.82. The summed E-state index contributed by atoms with van der Waals surface area (Å²) in [6.45, 7) is 1.97. The van der Waals surface area contributed by atoms with E-state index in [4.69, 9.17) is 0 Å². The zero-order chi connectivity index (χ0) is 13.2. The molecule has 0 amide bonds. The number of hydrogen-bond acceptors (Lipinski definition) is 3. The van der Waals surface area contributed by atoms with Crippen molar-refractivity contribution < 1.29 is 15.3 Å². The first-order valence-electron chi connectivity index (χ1n) is 7.56. The molecule has 2 aliphatic rings. The summed E-state index contributed by atoms with van der Waals surface area (Å²) >= 11 is 0. The highest BCUT2D eigenvalue weighted by atomic mass is 16.3. The van der Waals surface area contributed by atoms with E-state index in [0.29, 0.717) is 11.8 Å². The summed E-state index contributed by atoms with van der Waals surface area (Å²) in [5.74, 6) is 0.906. The molecule has 0 aromatic heterocycles. The number of hydrogen-bond donors (Lipinski definition) is 3. The van der Waals surface area contributed by atoms with E-state index >= 15 is 0 Å². The van der Waals surface area contributed by atoms with Crippen molar-refractivity contribution in [2.45, 2.75) is 82.5 Å². The summed E-state index contributed by atoms with van der Waals surface area (Å²) in [4.78, 5) is 0. The Hall–Kier alpha value is -0.120. The summed E-state index contributed by atoms with van der Waals surface area (Å²) in [5, 5.41) is 29.7. The van der Waals surface area contributed by atoms with Gasteiger partial charge in [0.1, 0.15) is 0 Å². The highest BCUT2D eigenvalue weighted by Crippen LogP contribution is 2.39. The molecule has 106 valence electrons. The predicted octanol–water partition coefficient (Wildman–Crippen LogP) is 2.23. The third-order valence-electron chi connectivity index (χ3n) is 5.09. The van der Waals surface area contributed by atoms with Gasteiger partial charge in [0.05, 0.1) is 17.8 Å². The van der Waals surface area contributed by atoms with Gasteiger partial charge in [-0.15, -0.1) is 0 Å². The normalized spacial score (nSPS) is 41.3. The van der Waals surface area contributed by atoms with Crippen LogP contribution in [-0.2, 0) is 0 Å². The molecule has 1 atom stereocenters. The third-order valence-corrected chi connectivity index (χ3v) is 5.09. The molecule has 0 aliphatic heterocycles. The molecule has 2 rings (SSSR count). The molecule has 0 saturated heterocycles. The van der Waals surface area contributed by atoms with Crippen LogP contribution in [0.5, 0.6) is 0 Å². The molecular weight excluding hydrogens is 228 g/mol. The third kappa shape index (κ3) is 3.69. The fourth-order valence-electron chi connectivity index (χ4n) is 3.80. The van der Waals surface area contributed by atoms with Gasteiger partial charge in [-0.3, -0.25) is 0 Å². The minimum atomic E-state index is -0.590. The maximum atomic E-state index is 10.7. The lowest BCUT2D eigenvalue weighted by Gasteiger charge is -2.40. The number of rotatable bonds is 3. The van der Waals surface area contributed by atoms with Crippen LogP contribution in [0.3, 0.4) is 0 Å². The minimum absolute atomic E-state index is 0.115. The van der Waals surface area contributed by atoms with Crippen molar-refractivity contribution in [2.24, 2.45) is 11.8 Å². The molecule has 0 spiro atoms. The lowest BCUT2D eigenvalue weighted by atomic mass is 9.71. The zero-order valence-electron chi connectivity index (χ0n) is 11.5. The Labute approximate surface area is 110 Å². The molecule has 3 heteroatoms. The average molecular weight is 256 g/mol. The highest BCUT2D eigenvalue weighted by molar-refractivity contribution is 4.89. The van der Waals surface area contributed by atoms with Gasteiger partial charge in [0, 0.05) is 0 Å². The second kappa shape index (κ2) is 5.89. The van der Waals surface area contributed by atoms with E-state index in [1.807, 2.05) is 6.92 Å². The summed E-state index contributed by atoms with van der Waals surface area (Å²) in [7, 11) is 0. The molecule has 2 aliphatic carbocycles. The Kier molecular flexibility index (Phi) is 4.68. The SMILES string of the molecule is CC(O)(CC1CCC(O)CC1)C1CCC(O)CC1. The Morgan fingerprint density at radius 1 is 0.833 bits per heavy atom. The molecule has 3 nitrogen and oxygen atoms in total. The molecule has 0 radical (unpaired) electrons. The van der Waals surface area contributed by atoms with Gasteiger partial charge in [-0.2, -0.15) is 0 Å². The molecule has 0 bridgehead atoms. The van der Waals surface area contributed by atoms with E-state index in [0.717, 1.165) is 57.8 Å². The van der Waals surface area contributed by atoms with Gasteiger partial charge in [0.15, 0.2) is 0 Å². The van der Waals surface area contributed by atoms with Crippen LogP contribution in [0.2, 0.25) is 0 Å². The standard InChI is InChI=1S/C15H28O3/c1-15(18,12-4-8-14(17)9-5-12)10-11-2-6-13(16)7-3-11/h11-14,16-18H,2-10H2,1H3. The fourth-order valence-corrected chi connectivity index (χ4v) is 3.80. The van der Waals surface area contributed by atoms with Gasteiger partial charge in [-0.05, 0) is 76.5 Å². The Bertz CT molecular complexity index is 248. The highest BCUT2D eigenvalue weighted by Gasteiger charge is 2.37. The quantitative estimate of drug-likeness (QED) is 0.725. The average Bonchev–Trinajstić information content (AvgIpc) is 2.32. The van der Waals surface area contributed by atoms with Crippen LogP contribution >= 0.6 is 0 Å². The smallest absolute Gasteiger partial charge is 0.0650 e. The van der Waals surface area contributed by atoms with E-state index in [9.17, 15) is 15.3 Å². The summed E-state index contributed by atoms with van der Waals surface area (Å²) in [6, 6.07) is 0. The molecule has 2 saturated carbocycles. The summed E-state index contributed by atoms with van der Waals surface area (Å²) in [6.07, 6.45) is 8.05. The molecule has 1 unspecified atom stereocenters. The molecule has 0 aromatic rings. The minimum Gasteiger partial charge on any atom is -0.393 e. The number of aliphatic hydroxyl groups excluding tert-OH is 2. The van der Waals surface area contributed by atoms with Gasteiger partial charge in [-0.25, -0.2) is 0 Å². The summed E-state index contributed by atoms with van der Waals surface area (Å²) in [5.41, 5.74) is -0.590. The van der Waals surface area contributed by atoms with E-state index < -0.39 is 5.60 Å². The van der Waals surface area contributed by atoms with E-state index in [1.54, 1.807) is 0 Å². The van der Waals surface area contributed by atoms with Crippen molar-refractivity contribution >= 4 is 0 Å². The molecule has 18 heavy (non-hydrogen) atoms. The van der Waals surface area contributed by atoms with Crippen molar-refractivity contribution in [3.63, 3.8) is 0 Å². The first-order chi connectivity index (χ1) is 8.47. The zero-order valence-corrected chi connectivity index (χ0v) is 11.5. The van der Waals surface area contributed by atoms with Gasteiger partial charge in [-0.1, -0.05) is 0 Å². The molecule has 0 aromatic carbocycles. The van der Waals surface area contributed by atoms with Crippen molar-refractivity contribution in [3.05, 3.63) is 0 Å². The number of aliphatic hydroxyl groups is 3. The topological polar surface area (TPSA) is 60.7 Å². The van der Waals surface area contributed by atoms with Crippen LogP contribution in [0, 0.1) is 11.8 Å². The van der Waals surface area contributed by atoms with E-state index in [2.05, 4.69) is 0 Å². The van der Waals surface area contributed by atoms with Crippen molar-refractivity contribution in [3.8, 4) is 0 Å². The van der Waals surface area contributed by atoms with Crippen LogP contribution in [-0.4, -0.2) is 33.1 Å². The van der Waals surface area contributed by atoms with Crippen molar-refractivity contribution in [1.82, 2.24) is 0 Å². The van der Waals surface area contributed by atoms with Gasteiger partial charge in [0.2, 0.25) is 0 Å². The molecular formula is C15H28O3. The maximum absolute atomic E-state index is 10.7. The van der Waals surface area contributed by atoms with Crippen LogP contribution in [0.25, 0.3) is 0 Å². The van der Waals surface area contributed by atoms with Crippen LogP contribution in [0.4, 0.5) is 0 Å². The molecule has 3 N–H and O–H groups in total. The fraction of sp³-hybridized carbons (Fsp3) is 1.00. The molecule has 0 heterocycles. The van der Waals surface area contributed by atoms with Gasteiger partial charge in [0.25, 0.3) is 0 Å². The first kappa shape index (κ1) is 14.3. The Morgan fingerprint density at radius 3 is 1.78 bits per heavy atom. The molecule has 2 fully saturated rings. The lowest BCUT2D eigenvalue weighted by molar-refractivity contribution is -0.0556. The van der Waals surface area contributed by atoms with Crippen LogP contribution in [0.1, 0.15) is 64.7 Å². The van der Waals surface area contributed by atoms with Crippen LogP contribution in [0.15, 0.2) is 0 Å². The second-order valence-corrected chi connectivity index (χ2v) is 6.74. The van der Waals surface area contributed by atoms with Gasteiger partial charge >= 0.3 is 0 Å². The van der Waals surface area contributed by atoms with Crippen LogP contribution < -0.4 is 0 Å². The maximum Gasteiger partial charge on any atom is 0.0650 e. The van der Waals surface area contributed by atoms with E-state index in [-0.39, 0.29) is 12.2 Å². The lowest BCUT2D eigenvalue weighted by Crippen LogP contribution is -2.40. The van der Waals surface area contributed by atoms with E-state index in [1.165, 1.54) is 0 Å². The largest absolute Gasteiger partial charge is 0.393 e. The Morgan fingerprint density at radius 2 is 1.28 bits per heavy atom. The predicted molar refractivity (Wildman–Crippen MR) is 71.2 cm³/mol. The first-order valence-corrected chi connectivity index (χ1v) is 7.56.